The molecule has 0 bridgehead atoms. The number of amides is 1. The zero-order chi connectivity index (χ0) is 47.2. The number of aliphatic hydroxyl groups excluding tert-OH is 2. The lowest BCUT2D eigenvalue weighted by Gasteiger charge is -2.22. The maximum atomic E-state index is 12.5. The van der Waals surface area contributed by atoms with Gasteiger partial charge in [0.15, 0.2) is 0 Å². The first-order valence-corrected chi connectivity index (χ1v) is 29.1. The number of unbranched alkanes of at least 4 members (excludes halogenated alkanes) is 39. The van der Waals surface area contributed by atoms with Crippen molar-refractivity contribution in [3.63, 3.8) is 0 Å². The molecule has 0 spiro atoms. The molecular weight excluding hydrogens is 803 g/mol. The van der Waals surface area contributed by atoms with Gasteiger partial charge in [-0.3, -0.25) is 9.59 Å². The Morgan fingerprint density at radius 2 is 0.769 bits per heavy atom. The highest BCUT2D eigenvalue weighted by Crippen LogP contribution is 2.17. The third-order valence-corrected chi connectivity index (χ3v) is 13.5. The maximum Gasteiger partial charge on any atom is 0.305 e. The highest BCUT2D eigenvalue weighted by Gasteiger charge is 2.20. The summed E-state index contributed by atoms with van der Waals surface area (Å²) < 4.78 is 5.48. The van der Waals surface area contributed by atoms with Gasteiger partial charge in [0.2, 0.25) is 5.91 Å². The summed E-state index contributed by atoms with van der Waals surface area (Å²) in [5.41, 5.74) is 0. The van der Waals surface area contributed by atoms with Gasteiger partial charge in [-0.15, -0.1) is 0 Å². The molecule has 6 heteroatoms. The Morgan fingerprint density at radius 3 is 1.20 bits per heavy atom. The average molecular weight is 917 g/mol. The van der Waals surface area contributed by atoms with Crippen LogP contribution in [0, 0.1) is 0 Å². The average Bonchev–Trinajstić information content (AvgIpc) is 3.31. The number of carbonyl (C=O) groups excluding carboxylic acids is 2. The number of esters is 1. The van der Waals surface area contributed by atoms with E-state index in [-0.39, 0.29) is 18.5 Å². The Kier molecular flexibility index (Phi) is 53.5. The molecule has 3 N–H and O–H groups in total. The Labute approximate surface area is 405 Å². The first-order chi connectivity index (χ1) is 32.0. The number of hydrogen-bond donors (Lipinski definition) is 3. The molecule has 0 saturated heterocycles. The van der Waals surface area contributed by atoms with Gasteiger partial charge in [-0.1, -0.05) is 269 Å². The van der Waals surface area contributed by atoms with Crippen molar-refractivity contribution >= 4 is 11.9 Å². The molecule has 0 aromatic rings. The smallest absolute Gasteiger partial charge is 0.305 e. The van der Waals surface area contributed by atoms with Gasteiger partial charge in [-0.2, -0.15) is 0 Å². The van der Waals surface area contributed by atoms with Crippen molar-refractivity contribution in [1.29, 1.82) is 0 Å². The van der Waals surface area contributed by atoms with Crippen molar-refractivity contribution in [2.24, 2.45) is 0 Å². The molecule has 1 amide bonds. The van der Waals surface area contributed by atoms with E-state index in [1.165, 1.54) is 218 Å². The summed E-state index contributed by atoms with van der Waals surface area (Å²) in [4.78, 5) is 24.6. The SMILES string of the molecule is CCCCC/C=C\C/C=C\CCCCCCCCCCCC(=O)OCCCCCCCCCCCCCCC(=O)NC(CO)C(O)CCCCCCCCCCCCCCCCCCC. The van der Waals surface area contributed by atoms with E-state index < -0.39 is 12.1 Å². The molecule has 0 aliphatic rings. The molecule has 0 aromatic heterocycles. The fourth-order valence-electron chi connectivity index (χ4n) is 9.02. The van der Waals surface area contributed by atoms with Crippen LogP contribution in [0.2, 0.25) is 0 Å². The van der Waals surface area contributed by atoms with Crippen LogP contribution < -0.4 is 5.32 Å². The summed E-state index contributed by atoms with van der Waals surface area (Å²) in [6, 6.07) is -0.554. The zero-order valence-corrected chi connectivity index (χ0v) is 43.7. The number of ether oxygens (including phenoxy) is 1. The number of allylic oxidation sites excluding steroid dienone is 4. The molecule has 0 fully saturated rings. The minimum atomic E-state index is -0.675. The van der Waals surface area contributed by atoms with Crippen molar-refractivity contribution in [3.05, 3.63) is 24.3 Å². The molecule has 0 radical (unpaired) electrons. The second-order valence-corrected chi connectivity index (χ2v) is 20.0. The normalized spacial score (nSPS) is 12.7. The second kappa shape index (κ2) is 54.9. The fourth-order valence-corrected chi connectivity index (χ4v) is 9.02. The lowest BCUT2D eigenvalue weighted by Crippen LogP contribution is -2.45. The van der Waals surface area contributed by atoms with E-state index in [9.17, 15) is 19.8 Å². The summed E-state index contributed by atoms with van der Waals surface area (Å²) in [6.45, 7) is 4.91. The van der Waals surface area contributed by atoms with E-state index in [0.717, 1.165) is 64.2 Å². The van der Waals surface area contributed by atoms with Crippen LogP contribution in [0.5, 0.6) is 0 Å². The quantitative estimate of drug-likeness (QED) is 0.0321. The summed E-state index contributed by atoms with van der Waals surface area (Å²) >= 11 is 0. The van der Waals surface area contributed by atoms with Crippen LogP contribution in [0.25, 0.3) is 0 Å². The highest BCUT2D eigenvalue weighted by atomic mass is 16.5. The van der Waals surface area contributed by atoms with Crippen LogP contribution in [-0.2, 0) is 14.3 Å². The van der Waals surface area contributed by atoms with E-state index in [4.69, 9.17) is 4.74 Å². The number of rotatable bonds is 54. The topological polar surface area (TPSA) is 95.9 Å². The van der Waals surface area contributed by atoms with Gasteiger partial charge in [-0.05, 0) is 57.8 Å². The Bertz CT molecular complexity index is 1010. The summed E-state index contributed by atoms with van der Waals surface area (Å²) in [5.74, 6) is -0.0610. The van der Waals surface area contributed by atoms with Gasteiger partial charge in [0.05, 0.1) is 25.4 Å². The Balaban J connectivity index is 3.44. The lowest BCUT2D eigenvalue weighted by molar-refractivity contribution is -0.143. The van der Waals surface area contributed by atoms with Gasteiger partial charge < -0.3 is 20.3 Å². The first kappa shape index (κ1) is 63.3. The molecule has 2 unspecified atom stereocenters. The fraction of sp³-hybridized carbons (Fsp3) is 0.898. The molecule has 0 rings (SSSR count). The van der Waals surface area contributed by atoms with Gasteiger partial charge in [0.25, 0.3) is 0 Å². The Hall–Kier alpha value is -1.66. The standard InChI is InChI=1S/C59H113NO5/c1-3-5-7-9-11-13-15-17-19-21-22-24-26-28-33-37-41-45-49-53-59(64)65-54-50-46-42-38-34-30-29-32-36-40-44-48-52-58(63)60-56(55-61)57(62)51-47-43-39-35-31-27-25-23-20-18-16-14-12-10-8-6-4-2/h11,13,17,19,56-57,61-62H,3-10,12,14-16,18,20-55H2,1-2H3,(H,60,63)/b13-11-,19-17-. The molecule has 384 valence electrons. The Morgan fingerprint density at radius 1 is 0.431 bits per heavy atom. The molecule has 6 nitrogen and oxygen atoms in total. The largest absolute Gasteiger partial charge is 0.466 e. The van der Waals surface area contributed by atoms with Gasteiger partial charge in [0, 0.05) is 12.8 Å². The minimum absolute atomic E-state index is 0.0123. The van der Waals surface area contributed by atoms with Crippen LogP contribution >= 0.6 is 0 Å². The molecule has 65 heavy (non-hydrogen) atoms. The van der Waals surface area contributed by atoms with E-state index >= 15 is 0 Å². The molecule has 0 aromatic carbocycles. The number of carbonyl (C=O) groups is 2. The van der Waals surface area contributed by atoms with Crippen LogP contribution in [0.1, 0.15) is 316 Å². The van der Waals surface area contributed by atoms with Crippen molar-refractivity contribution in [1.82, 2.24) is 5.32 Å². The maximum absolute atomic E-state index is 12.5. The van der Waals surface area contributed by atoms with Crippen LogP contribution in [-0.4, -0.2) is 47.4 Å². The molecule has 0 aliphatic carbocycles. The van der Waals surface area contributed by atoms with E-state index in [0.29, 0.717) is 25.9 Å². The van der Waals surface area contributed by atoms with E-state index in [2.05, 4.69) is 43.5 Å². The predicted octanol–water partition coefficient (Wildman–Crippen LogP) is 17.9. The summed E-state index contributed by atoms with van der Waals surface area (Å²) in [6.07, 6.45) is 65.9. The summed E-state index contributed by atoms with van der Waals surface area (Å²) in [5, 5.41) is 23.3. The number of nitrogens with one attached hydrogen (secondary N) is 1. The van der Waals surface area contributed by atoms with Crippen molar-refractivity contribution in [3.8, 4) is 0 Å². The van der Waals surface area contributed by atoms with E-state index in [1.54, 1.807) is 0 Å². The molecular formula is C59H113NO5. The predicted molar refractivity (Wildman–Crippen MR) is 283 cm³/mol. The summed E-state index contributed by atoms with van der Waals surface area (Å²) in [7, 11) is 0. The highest BCUT2D eigenvalue weighted by molar-refractivity contribution is 5.76. The van der Waals surface area contributed by atoms with Crippen LogP contribution in [0.4, 0.5) is 0 Å². The second-order valence-electron chi connectivity index (χ2n) is 20.0. The molecule has 0 heterocycles. The third kappa shape index (κ3) is 51.6. The van der Waals surface area contributed by atoms with E-state index in [1.807, 2.05) is 0 Å². The third-order valence-electron chi connectivity index (χ3n) is 13.5. The number of hydrogen-bond acceptors (Lipinski definition) is 5. The van der Waals surface area contributed by atoms with Crippen molar-refractivity contribution < 1.29 is 24.5 Å². The zero-order valence-electron chi connectivity index (χ0n) is 43.7. The van der Waals surface area contributed by atoms with Gasteiger partial charge >= 0.3 is 5.97 Å². The minimum Gasteiger partial charge on any atom is -0.466 e. The van der Waals surface area contributed by atoms with Gasteiger partial charge in [0.1, 0.15) is 0 Å². The first-order valence-electron chi connectivity index (χ1n) is 29.1. The monoisotopic (exact) mass is 916 g/mol. The molecule has 0 saturated carbocycles. The van der Waals surface area contributed by atoms with Crippen molar-refractivity contribution in [2.45, 2.75) is 328 Å². The number of aliphatic hydroxyl groups is 2. The van der Waals surface area contributed by atoms with Crippen LogP contribution in [0.3, 0.4) is 0 Å². The van der Waals surface area contributed by atoms with Gasteiger partial charge in [-0.25, -0.2) is 0 Å². The van der Waals surface area contributed by atoms with Crippen molar-refractivity contribution in [2.75, 3.05) is 13.2 Å². The lowest BCUT2D eigenvalue weighted by atomic mass is 10.0. The molecule has 0 aliphatic heterocycles. The molecule has 2 atom stereocenters. The van der Waals surface area contributed by atoms with Crippen LogP contribution in [0.15, 0.2) is 24.3 Å².